The monoisotopic (exact) mass is 292 g/mol. The minimum absolute atomic E-state index is 0.164. The summed E-state index contributed by atoms with van der Waals surface area (Å²) in [5.74, 6) is -1.76. The standard InChI is InChI=1S/C15H20N2O4/c1-15(2,3)21-14(20)17-8-11(12(9-17)13(18)19)10-4-6-16-7-5-10/h4-7,11-12H,8-9H2,1-3H3,(H,18,19)/t11-,12+/m1/s1. The zero-order chi connectivity index (χ0) is 15.6. The van der Waals surface area contributed by atoms with E-state index in [4.69, 9.17) is 4.74 Å². The van der Waals surface area contributed by atoms with E-state index >= 15 is 0 Å². The Morgan fingerprint density at radius 1 is 1.29 bits per heavy atom. The van der Waals surface area contributed by atoms with Gasteiger partial charge in [-0.15, -0.1) is 0 Å². The van der Waals surface area contributed by atoms with Crippen molar-refractivity contribution < 1.29 is 19.4 Å². The van der Waals surface area contributed by atoms with Crippen molar-refractivity contribution in [2.75, 3.05) is 13.1 Å². The summed E-state index contributed by atoms with van der Waals surface area (Å²) in [6.07, 6.45) is 2.79. The molecule has 0 aliphatic carbocycles. The van der Waals surface area contributed by atoms with Crippen LogP contribution in [0.5, 0.6) is 0 Å². The first-order valence-electron chi connectivity index (χ1n) is 6.88. The van der Waals surface area contributed by atoms with E-state index in [1.807, 2.05) is 0 Å². The first-order chi connectivity index (χ1) is 9.78. The van der Waals surface area contributed by atoms with Gasteiger partial charge in [-0.25, -0.2) is 4.79 Å². The number of likely N-dealkylation sites (tertiary alicyclic amines) is 1. The number of pyridine rings is 1. The number of carbonyl (C=O) groups is 2. The Bertz CT molecular complexity index is 524. The fourth-order valence-corrected chi connectivity index (χ4v) is 2.48. The highest BCUT2D eigenvalue weighted by atomic mass is 16.6. The summed E-state index contributed by atoms with van der Waals surface area (Å²) in [5, 5.41) is 9.38. The van der Waals surface area contributed by atoms with E-state index in [-0.39, 0.29) is 12.5 Å². The van der Waals surface area contributed by atoms with E-state index in [2.05, 4.69) is 4.98 Å². The third kappa shape index (κ3) is 3.71. The number of ether oxygens (including phenoxy) is 1. The molecule has 1 aromatic heterocycles. The molecular formula is C15H20N2O4. The summed E-state index contributed by atoms with van der Waals surface area (Å²) in [4.78, 5) is 29.0. The van der Waals surface area contributed by atoms with E-state index in [9.17, 15) is 14.7 Å². The quantitative estimate of drug-likeness (QED) is 0.903. The van der Waals surface area contributed by atoms with Crippen LogP contribution in [0.4, 0.5) is 4.79 Å². The Morgan fingerprint density at radius 3 is 2.43 bits per heavy atom. The Morgan fingerprint density at radius 2 is 1.90 bits per heavy atom. The lowest BCUT2D eigenvalue weighted by Crippen LogP contribution is -2.35. The van der Waals surface area contributed by atoms with Gasteiger partial charge in [0.05, 0.1) is 5.92 Å². The lowest BCUT2D eigenvalue weighted by molar-refractivity contribution is -0.141. The van der Waals surface area contributed by atoms with Gasteiger partial charge >= 0.3 is 12.1 Å². The van der Waals surface area contributed by atoms with Gasteiger partial charge < -0.3 is 14.7 Å². The highest BCUT2D eigenvalue weighted by molar-refractivity contribution is 5.75. The molecule has 1 aliphatic rings. The third-order valence-corrected chi connectivity index (χ3v) is 3.42. The Hall–Kier alpha value is -2.11. The fraction of sp³-hybridized carbons (Fsp3) is 0.533. The zero-order valence-electron chi connectivity index (χ0n) is 12.4. The molecule has 6 heteroatoms. The Balaban J connectivity index is 2.16. The number of nitrogens with zero attached hydrogens (tertiary/aromatic N) is 2. The number of hydrogen-bond donors (Lipinski definition) is 1. The van der Waals surface area contributed by atoms with Crippen LogP contribution in [0.25, 0.3) is 0 Å². The Kier molecular flexibility index (Phi) is 4.16. The molecule has 0 unspecified atom stereocenters. The molecular weight excluding hydrogens is 272 g/mol. The number of hydrogen-bond acceptors (Lipinski definition) is 4. The van der Waals surface area contributed by atoms with E-state index in [0.29, 0.717) is 6.54 Å². The third-order valence-electron chi connectivity index (χ3n) is 3.42. The lowest BCUT2D eigenvalue weighted by Gasteiger charge is -2.24. The first-order valence-corrected chi connectivity index (χ1v) is 6.88. The maximum absolute atomic E-state index is 12.1. The SMILES string of the molecule is CC(C)(C)OC(=O)N1C[C@H](C(=O)O)[C@@H](c2ccncc2)C1. The smallest absolute Gasteiger partial charge is 0.410 e. The number of aliphatic carboxylic acids is 1. The highest BCUT2D eigenvalue weighted by Crippen LogP contribution is 2.33. The molecule has 0 radical (unpaired) electrons. The molecule has 0 bridgehead atoms. The predicted molar refractivity (Wildman–Crippen MR) is 75.9 cm³/mol. The van der Waals surface area contributed by atoms with Crippen LogP contribution in [0.1, 0.15) is 32.3 Å². The van der Waals surface area contributed by atoms with Crippen LogP contribution >= 0.6 is 0 Å². The van der Waals surface area contributed by atoms with Gasteiger partial charge in [0.25, 0.3) is 0 Å². The van der Waals surface area contributed by atoms with E-state index in [1.54, 1.807) is 45.3 Å². The van der Waals surface area contributed by atoms with Crippen LogP contribution < -0.4 is 0 Å². The zero-order valence-corrected chi connectivity index (χ0v) is 12.4. The summed E-state index contributed by atoms with van der Waals surface area (Å²) < 4.78 is 5.32. The summed E-state index contributed by atoms with van der Waals surface area (Å²) >= 11 is 0. The minimum Gasteiger partial charge on any atom is -0.481 e. The van der Waals surface area contributed by atoms with Crippen molar-refractivity contribution in [3.63, 3.8) is 0 Å². The average Bonchev–Trinajstić information content (AvgIpc) is 2.83. The molecule has 2 heterocycles. The first kappa shape index (κ1) is 15.3. The van der Waals surface area contributed by atoms with Crippen molar-refractivity contribution in [2.24, 2.45) is 5.92 Å². The lowest BCUT2D eigenvalue weighted by atomic mass is 9.90. The number of carboxylic acids is 1. The van der Waals surface area contributed by atoms with E-state index in [0.717, 1.165) is 5.56 Å². The molecule has 114 valence electrons. The van der Waals surface area contributed by atoms with Crippen LogP contribution in [0.2, 0.25) is 0 Å². The molecule has 0 aromatic carbocycles. The normalized spacial score (nSPS) is 22.1. The van der Waals surface area contributed by atoms with Crippen LogP contribution in [-0.2, 0) is 9.53 Å². The maximum Gasteiger partial charge on any atom is 0.410 e. The molecule has 21 heavy (non-hydrogen) atoms. The molecule has 0 saturated carbocycles. The van der Waals surface area contributed by atoms with Crippen molar-refractivity contribution in [1.82, 2.24) is 9.88 Å². The van der Waals surface area contributed by atoms with Crippen molar-refractivity contribution in [3.8, 4) is 0 Å². The van der Waals surface area contributed by atoms with Gasteiger partial charge in [-0.05, 0) is 38.5 Å². The predicted octanol–water partition coefficient (Wildman–Crippen LogP) is 2.12. The molecule has 1 N–H and O–H groups in total. The van der Waals surface area contributed by atoms with Crippen LogP contribution in [-0.4, -0.2) is 45.7 Å². The summed E-state index contributed by atoms with van der Waals surface area (Å²) in [6.45, 7) is 5.87. The second-order valence-electron chi connectivity index (χ2n) is 6.22. The second kappa shape index (κ2) is 5.71. The van der Waals surface area contributed by atoms with Crippen LogP contribution in [0.3, 0.4) is 0 Å². The molecule has 1 aliphatic heterocycles. The van der Waals surface area contributed by atoms with Crippen molar-refractivity contribution >= 4 is 12.1 Å². The van der Waals surface area contributed by atoms with Gasteiger partial charge in [-0.3, -0.25) is 9.78 Å². The van der Waals surface area contributed by atoms with Gasteiger partial charge in [-0.1, -0.05) is 0 Å². The van der Waals surface area contributed by atoms with Crippen molar-refractivity contribution in [3.05, 3.63) is 30.1 Å². The van der Waals surface area contributed by atoms with Gasteiger partial charge in [-0.2, -0.15) is 0 Å². The summed E-state index contributed by atoms with van der Waals surface area (Å²) in [6, 6.07) is 3.58. The fourth-order valence-electron chi connectivity index (χ4n) is 2.48. The molecule has 0 spiro atoms. The van der Waals surface area contributed by atoms with Gasteiger partial charge in [0.2, 0.25) is 0 Å². The highest BCUT2D eigenvalue weighted by Gasteiger charge is 2.41. The van der Waals surface area contributed by atoms with Gasteiger partial charge in [0.15, 0.2) is 0 Å². The van der Waals surface area contributed by atoms with Crippen LogP contribution in [0.15, 0.2) is 24.5 Å². The van der Waals surface area contributed by atoms with Crippen molar-refractivity contribution in [1.29, 1.82) is 0 Å². The van der Waals surface area contributed by atoms with Gasteiger partial charge in [0, 0.05) is 31.4 Å². The number of carboxylic acid groups (broad SMARTS) is 1. The minimum atomic E-state index is -0.900. The number of carbonyl (C=O) groups excluding carboxylic acids is 1. The second-order valence-corrected chi connectivity index (χ2v) is 6.22. The van der Waals surface area contributed by atoms with E-state index in [1.165, 1.54) is 4.90 Å². The van der Waals surface area contributed by atoms with Crippen LogP contribution in [0, 0.1) is 5.92 Å². The topological polar surface area (TPSA) is 79.7 Å². The molecule has 1 saturated heterocycles. The number of aromatic nitrogens is 1. The maximum atomic E-state index is 12.1. The average molecular weight is 292 g/mol. The van der Waals surface area contributed by atoms with Gasteiger partial charge in [0.1, 0.15) is 5.60 Å². The number of amides is 1. The summed E-state index contributed by atoms with van der Waals surface area (Å²) in [5.41, 5.74) is 0.286. The van der Waals surface area contributed by atoms with Crippen molar-refractivity contribution in [2.45, 2.75) is 32.3 Å². The molecule has 1 amide bonds. The summed E-state index contributed by atoms with van der Waals surface area (Å²) in [7, 11) is 0. The molecule has 2 rings (SSSR count). The Labute approximate surface area is 123 Å². The van der Waals surface area contributed by atoms with E-state index < -0.39 is 23.6 Å². The molecule has 2 atom stereocenters. The number of rotatable bonds is 2. The molecule has 6 nitrogen and oxygen atoms in total. The largest absolute Gasteiger partial charge is 0.481 e. The molecule has 1 fully saturated rings. The molecule has 1 aromatic rings.